The molecule has 20 heavy (non-hydrogen) atoms. The molecule has 1 aliphatic rings. The fourth-order valence-corrected chi connectivity index (χ4v) is 2.93. The van der Waals surface area contributed by atoms with Gasteiger partial charge in [-0.05, 0) is 12.1 Å². The van der Waals surface area contributed by atoms with Crippen molar-refractivity contribution in [3.63, 3.8) is 0 Å². The molecule has 1 aromatic carbocycles. The van der Waals surface area contributed by atoms with Crippen LogP contribution in [0.1, 0.15) is 12.0 Å². The molecule has 0 aromatic heterocycles. The number of thiocarbonyl (C=S) groups is 1. The molecule has 1 heterocycles. The van der Waals surface area contributed by atoms with Gasteiger partial charge in [-0.1, -0.05) is 42.2 Å². The number of rotatable bonds is 4. The van der Waals surface area contributed by atoms with Gasteiger partial charge in [0.25, 0.3) is 5.91 Å². The summed E-state index contributed by atoms with van der Waals surface area (Å²) in [7, 11) is 0. The summed E-state index contributed by atoms with van der Waals surface area (Å²) in [4.78, 5) is 24.1. The minimum atomic E-state index is -1.00. The number of amides is 1. The Morgan fingerprint density at radius 3 is 2.80 bits per heavy atom. The van der Waals surface area contributed by atoms with E-state index in [1.807, 2.05) is 0 Å². The number of carbonyl (C=O) groups excluding carboxylic acids is 1. The van der Waals surface area contributed by atoms with Gasteiger partial charge in [-0.3, -0.25) is 14.5 Å². The summed E-state index contributed by atoms with van der Waals surface area (Å²) < 4.78 is 13.8. The molecule has 4 nitrogen and oxygen atoms in total. The first-order valence-corrected chi connectivity index (χ1v) is 6.93. The van der Waals surface area contributed by atoms with Crippen molar-refractivity contribution in [2.75, 3.05) is 6.54 Å². The molecular formula is C13H10FNO3S2. The maximum Gasteiger partial charge on any atom is 0.305 e. The van der Waals surface area contributed by atoms with Crippen molar-refractivity contribution in [1.82, 2.24) is 4.90 Å². The SMILES string of the molecule is O=C(O)CCN1C(=O)/C(=C\c2ccccc2F)SC1=S. The van der Waals surface area contributed by atoms with E-state index in [1.54, 1.807) is 18.2 Å². The number of benzene rings is 1. The second-order valence-electron chi connectivity index (χ2n) is 4.00. The van der Waals surface area contributed by atoms with Crippen LogP contribution in [0.4, 0.5) is 4.39 Å². The highest BCUT2D eigenvalue weighted by Gasteiger charge is 2.32. The van der Waals surface area contributed by atoms with Gasteiger partial charge < -0.3 is 5.11 Å². The zero-order valence-corrected chi connectivity index (χ0v) is 11.8. The summed E-state index contributed by atoms with van der Waals surface area (Å²) in [5, 5.41) is 8.63. The lowest BCUT2D eigenvalue weighted by atomic mass is 10.2. The molecule has 1 N–H and O–H groups in total. The first kappa shape index (κ1) is 14.7. The van der Waals surface area contributed by atoms with Crippen molar-refractivity contribution in [2.45, 2.75) is 6.42 Å². The number of carbonyl (C=O) groups is 2. The van der Waals surface area contributed by atoms with Crippen molar-refractivity contribution in [1.29, 1.82) is 0 Å². The van der Waals surface area contributed by atoms with Crippen LogP contribution in [0, 0.1) is 5.82 Å². The van der Waals surface area contributed by atoms with Gasteiger partial charge in [0.1, 0.15) is 10.1 Å². The van der Waals surface area contributed by atoms with Crippen molar-refractivity contribution < 1.29 is 19.1 Å². The summed E-state index contributed by atoms with van der Waals surface area (Å²) in [6.07, 6.45) is 1.24. The van der Waals surface area contributed by atoms with Crippen LogP contribution in [0.15, 0.2) is 29.2 Å². The number of carboxylic acids is 1. The molecular weight excluding hydrogens is 301 g/mol. The Balaban J connectivity index is 2.19. The maximum absolute atomic E-state index is 13.5. The van der Waals surface area contributed by atoms with Crippen LogP contribution in [0.3, 0.4) is 0 Å². The Hall–Kier alpha value is -1.73. The van der Waals surface area contributed by atoms with Gasteiger partial charge in [0.15, 0.2) is 0 Å². The van der Waals surface area contributed by atoms with Crippen LogP contribution in [-0.2, 0) is 9.59 Å². The lowest BCUT2D eigenvalue weighted by Crippen LogP contribution is -2.30. The Morgan fingerprint density at radius 2 is 2.15 bits per heavy atom. The molecule has 0 spiro atoms. The second kappa shape index (κ2) is 6.15. The monoisotopic (exact) mass is 311 g/mol. The van der Waals surface area contributed by atoms with Crippen LogP contribution in [0.25, 0.3) is 6.08 Å². The highest BCUT2D eigenvalue weighted by molar-refractivity contribution is 8.26. The lowest BCUT2D eigenvalue weighted by molar-refractivity contribution is -0.137. The molecule has 1 fully saturated rings. The van der Waals surface area contributed by atoms with E-state index in [0.717, 1.165) is 11.8 Å². The van der Waals surface area contributed by atoms with Gasteiger partial charge in [-0.15, -0.1) is 0 Å². The standard InChI is InChI=1S/C13H10FNO3S2/c14-9-4-2-1-3-8(9)7-10-12(18)15(13(19)20-10)6-5-11(16)17/h1-4,7H,5-6H2,(H,16,17)/b10-7+. The van der Waals surface area contributed by atoms with Crippen molar-refractivity contribution in [2.24, 2.45) is 0 Å². The number of thioether (sulfide) groups is 1. The van der Waals surface area contributed by atoms with E-state index in [4.69, 9.17) is 17.3 Å². The minimum absolute atomic E-state index is 0.0224. The first-order valence-electron chi connectivity index (χ1n) is 5.70. The highest BCUT2D eigenvalue weighted by Crippen LogP contribution is 2.32. The van der Waals surface area contributed by atoms with Crippen LogP contribution >= 0.6 is 24.0 Å². The highest BCUT2D eigenvalue weighted by atomic mass is 32.2. The van der Waals surface area contributed by atoms with Gasteiger partial charge in [0.2, 0.25) is 0 Å². The predicted molar refractivity (Wildman–Crippen MR) is 78.5 cm³/mol. The van der Waals surface area contributed by atoms with Crippen LogP contribution < -0.4 is 0 Å². The number of aliphatic carboxylic acids is 1. The first-order chi connectivity index (χ1) is 9.49. The summed E-state index contributed by atoms with van der Waals surface area (Å²) in [5.74, 6) is -1.81. The van der Waals surface area contributed by atoms with Gasteiger partial charge in [0.05, 0.1) is 11.3 Å². The fourth-order valence-electron chi connectivity index (χ4n) is 1.63. The Labute approximate surface area is 124 Å². The van der Waals surface area contributed by atoms with Crippen molar-refractivity contribution in [3.05, 3.63) is 40.6 Å². The van der Waals surface area contributed by atoms with Crippen molar-refractivity contribution >= 4 is 46.3 Å². The molecule has 0 aliphatic carbocycles. The predicted octanol–water partition coefficient (Wildman–Crippen LogP) is 2.50. The van der Waals surface area contributed by atoms with Crippen LogP contribution in [0.5, 0.6) is 0 Å². The molecule has 7 heteroatoms. The van der Waals surface area contributed by atoms with E-state index in [2.05, 4.69) is 0 Å². The van der Waals surface area contributed by atoms with Crippen LogP contribution in [-0.4, -0.2) is 32.7 Å². The largest absolute Gasteiger partial charge is 0.481 e. The quantitative estimate of drug-likeness (QED) is 0.684. The summed E-state index contributed by atoms with van der Waals surface area (Å²) >= 11 is 6.08. The Bertz CT molecular complexity index is 615. The fraction of sp³-hybridized carbons (Fsp3) is 0.154. The van der Waals surface area contributed by atoms with Gasteiger partial charge in [0, 0.05) is 12.1 Å². The minimum Gasteiger partial charge on any atom is -0.481 e. The molecule has 104 valence electrons. The van der Waals surface area contributed by atoms with E-state index in [-0.39, 0.29) is 18.9 Å². The summed E-state index contributed by atoms with van der Waals surface area (Å²) in [5.41, 5.74) is 0.297. The third-order valence-corrected chi connectivity index (χ3v) is 3.99. The second-order valence-corrected chi connectivity index (χ2v) is 5.67. The Kier molecular flexibility index (Phi) is 4.51. The molecule has 0 atom stereocenters. The number of halogens is 1. The lowest BCUT2D eigenvalue weighted by Gasteiger charge is -2.12. The number of hydrogen-bond acceptors (Lipinski definition) is 4. The molecule has 0 radical (unpaired) electrons. The van der Waals surface area contributed by atoms with Gasteiger partial charge in [-0.2, -0.15) is 0 Å². The third-order valence-electron chi connectivity index (χ3n) is 2.61. The number of nitrogens with zero attached hydrogens (tertiary/aromatic N) is 1. The van der Waals surface area contributed by atoms with E-state index < -0.39 is 11.8 Å². The zero-order valence-electron chi connectivity index (χ0n) is 10.2. The van der Waals surface area contributed by atoms with E-state index in [0.29, 0.717) is 14.8 Å². The molecule has 1 aromatic rings. The number of hydrogen-bond donors (Lipinski definition) is 1. The smallest absolute Gasteiger partial charge is 0.305 e. The summed E-state index contributed by atoms with van der Waals surface area (Å²) in [6.45, 7) is 0.0224. The molecule has 2 rings (SSSR count). The molecule has 1 aliphatic heterocycles. The summed E-state index contributed by atoms with van der Waals surface area (Å²) in [6, 6.07) is 6.08. The average molecular weight is 311 g/mol. The molecule has 0 unspecified atom stereocenters. The average Bonchev–Trinajstić information content (AvgIpc) is 2.65. The normalized spacial score (nSPS) is 17.1. The number of carboxylic acid groups (broad SMARTS) is 1. The maximum atomic E-state index is 13.5. The zero-order chi connectivity index (χ0) is 14.7. The molecule has 0 bridgehead atoms. The van der Waals surface area contributed by atoms with Gasteiger partial charge >= 0.3 is 5.97 Å². The molecule has 1 amide bonds. The van der Waals surface area contributed by atoms with E-state index in [1.165, 1.54) is 17.0 Å². The topological polar surface area (TPSA) is 57.6 Å². The molecule has 0 saturated carbocycles. The van der Waals surface area contributed by atoms with Crippen LogP contribution in [0.2, 0.25) is 0 Å². The van der Waals surface area contributed by atoms with E-state index in [9.17, 15) is 14.0 Å². The Morgan fingerprint density at radius 1 is 1.45 bits per heavy atom. The molecule has 1 saturated heterocycles. The van der Waals surface area contributed by atoms with E-state index >= 15 is 0 Å². The third kappa shape index (κ3) is 3.23. The van der Waals surface area contributed by atoms with Gasteiger partial charge in [-0.25, -0.2) is 4.39 Å². The van der Waals surface area contributed by atoms with Crippen molar-refractivity contribution in [3.8, 4) is 0 Å².